The minimum atomic E-state index is -0.872. The summed E-state index contributed by atoms with van der Waals surface area (Å²) < 4.78 is 5.90. The number of esters is 1. The summed E-state index contributed by atoms with van der Waals surface area (Å²) in [5.74, 6) is -2.01. The average Bonchev–Trinajstić information content (AvgIpc) is 2.90. The second-order valence-corrected chi connectivity index (χ2v) is 9.89. The number of hydrogen-bond donors (Lipinski definition) is 2. The number of likely N-dealkylation sites (N-methyl/N-ethyl adjacent to an activating group) is 1. The number of nitrogens with zero attached hydrogens (tertiary/aromatic N) is 1. The van der Waals surface area contributed by atoms with Gasteiger partial charge < -0.3 is 20.3 Å². The van der Waals surface area contributed by atoms with Crippen LogP contribution in [0.2, 0.25) is 5.02 Å². The van der Waals surface area contributed by atoms with E-state index < -0.39 is 30.1 Å². The number of amides is 3. The van der Waals surface area contributed by atoms with E-state index in [1.807, 2.05) is 42.5 Å². The number of rotatable bonds is 6. The molecule has 0 spiro atoms. The second-order valence-electron chi connectivity index (χ2n) is 9.46. The molecule has 0 bridgehead atoms. The van der Waals surface area contributed by atoms with Crippen molar-refractivity contribution >= 4 is 35.3 Å². The fourth-order valence-electron chi connectivity index (χ4n) is 4.31. The van der Waals surface area contributed by atoms with Crippen molar-refractivity contribution in [3.05, 3.63) is 82.9 Å². The molecule has 3 amide bonds. The summed E-state index contributed by atoms with van der Waals surface area (Å²) >= 11 is 5.93. The van der Waals surface area contributed by atoms with Crippen molar-refractivity contribution in [2.75, 3.05) is 7.05 Å². The number of allylic oxidation sites excluding steroid dienone is 1. The van der Waals surface area contributed by atoms with Gasteiger partial charge in [-0.15, -0.1) is 0 Å². The molecule has 2 N–H and O–H groups in total. The van der Waals surface area contributed by atoms with Crippen LogP contribution in [0.4, 0.5) is 0 Å². The summed E-state index contributed by atoms with van der Waals surface area (Å²) in [4.78, 5) is 52.7. The maximum Gasteiger partial charge on any atom is 0.329 e. The first-order chi connectivity index (χ1) is 18.2. The van der Waals surface area contributed by atoms with Crippen LogP contribution in [0, 0.1) is 5.92 Å². The van der Waals surface area contributed by atoms with Gasteiger partial charge in [-0.2, -0.15) is 0 Å². The zero-order chi connectivity index (χ0) is 27.7. The summed E-state index contributed by atoms with van der Waals surface area (Å²) in [6.45, 7) is 3.47. The highest BCUT2D eigenvalue weighted by Crippen LogP contribution is 2.28. The fourth-order valence-corrected chi connectivity index (χ4v) is 4.44. The molecule has 0 aromatic heterocycles. The number of nitrogens with one attached hydrogen (secondary N) is 2. The molecule has 0 radical (unpaired) electrons. The Bertz CT molecular complexity index is 1150. The predicted octanol–water partition coefficient (Wildman–Crippen LogP) is 3.95. The quantitative estimate of drug-likeness (QED) is 0.427. The largest absolute Gasteiger partial charge is 0.454 e. The lowest BCUT2D eigenvalue weighted by atomic mass is 9.95. The third kappa shape index (κ3) is 8.18. The summed E-state index contributed by atoms with van der Waals surface area (Å²) in [5, 5.41) is 6.14. The van der Waals surface area contributed by atoms with Crippen LogP contribution in [0.25, 0.3) is 0 Å². The molecule has 0 aliphatic carbocycles. The van der Waals surface area contributed by atoms with E-state index in [2.05, 4.69) is 10.6 Å². The monoisotopic (exact) mass is 539 g/mol. The molecule has 202 valence electrons. The smallest absolute Gasteiger partial charge is 0.329 e. The fraction of sp³-hybridized carbons (Fsp3) is 0.379. The number of halogens is 1. The van der Waals surface area contributed by atoms with E-state index in [0.717, 1.165) is 11.1 Å². The van der Waals surface area contributed by atoms with Crippen LogP contribution in [-0.4, -0.2) is 47.7 Å². The molecule has 4 atom stereocenters. The highest BCUT2D eigenvalue weighted by molar-refractivity contribution is 6.30. The molecular formula is C29H34ClN3O5. The Morgan fingerprint density at radius 3 is 2.34 bits per heavy atom. The van der Waals surface area contributed by atoms with E-state index >= 15 is 0 Å². The summed E-state index contributed by atoms with van der Waals surface area (Å²) in [5.41, 5.74) is 1.62. The normalized spacial score (nSPS) is 23.4. The lowest BCUT2D eigenvalue weighted by Gasteiger charge is -2.35. The number of carbonyl (C=O) groups is 4. The minimum absolute atomic E-state index is 0.00125. The molecular weight excluding hydrogens is 506 g/mol. The molecule has 0 saturated carbocycles. The van der Waals surface area contributed by atoms with Gasteiger partial charge in [-0.25, -0.2) is 4.79 Å². The van der Waals surface area contributed by atoms with Gasteiger partial charge in [0.1, 0.15) is 12.1 Å². The first-order valence-electron chi connectivity index (χ1n) is 12.6. The van der Waals surface area contributed by atoms with Gasteiger partial charge in [0.15, 0.2) is 0 Å². The van der Waals surface area contributed by atoms with Gasteiger partial charge >= 0.3 is 5.97 Å². The Kier molecular flexibility index (Phi) is 10.5. The number of cyclic esters (lactones) is 1. The van der Waals surface area contributed by atoms with E-state index in [-0.39, 0.29) is 30.6 Å². The number of hydrogen-bond acceptors (Lipinski definition) is 5. The van der Waals surface area contributed by atoms with Crippen LogP contribution < -0.4 is 10.6 Å². The highest BCUT2D eigenvalue weighted by Gasteiger charge is 2.34. The molecule has 0 unspecified atom stereocenters. The Labute approximate surface area is 228 Å². The van der Waals surface area contributed by atoms with Crippen molar-refractivity contribution in [2.45, 2.75) is 57.8 Å². The highest BCUT2D eigenvalue weighted by atomic mass is 35.5. The molecule has 1 heterocycles. The molecule has 1 aliphatic heterocycles. The number of ether oxygens (including phenoxy) is 1. The maximum atomic E-state index is 13.6. The maximum absolute atomic E-state index is 13.6. The van der Waals surface area contributed by atoms with E-state index in [1.165, 1.54) is 11.8 Å². The van der Waals surface area contributed by atoms with Gasteiger partial charge in [-0.3, -0.25) is 14.4 Å². The van der Waals surface area contributed by atoms with Gasteiger partial charge in [0.25, 0.3) is 0 Å². The Balaban J connectivity index is 1.83. The third-order valence-electron chi connectivity index (χ3n) is 6.57. The first-order valence-corrected chi connectivity index (χ1v) is 13.0. The molecule has 2 aromatic carbocycles. The zero-order valence-corrected chi connectivity index (χ0v) is 22.6. The Morgan fingerprint density at radius 1 is 1.03 bits per heavy atom. The van der Waals surface area contributed by atoms with Gasteiger partial charge in [0, 0.05) is 32.0 Å². The lowest BCUT2D eigenvalue weighted by molar-refractivity contribution is -0.159. The molecule has 2 aromatic rings. The van der Waals surface area contributed by atoms with E-state index in [1.54, 1.807) is 38.3 Å². The zero-order valence-electron chi connectivity index (χ0n) is 21.9. The predicted molar refractivity (Wildman–Crippen MR) is 145 cm³/mol. The van der Waals surface area contributed by atoms with Crippen LogP contribution in [0.5, 0.6) is 0 Å². The van der Waals surface area contributed by atoms with Crippen LogP contribution in [-0.2, 0) is 30.5 Å². The van der Waals surface area contributed by atoms with Crippen molar-refractivity contribution in [1.82, 2.24) is 15.5 Å². The molecule has 9 heteroatoms. The SMILES string of the molecule is CC(=O)N[C@H]1C/C=C/C[C@@H](CC(=O)NCc2ccc(Cl)cc2)C(=O)N(C)[C@@H](C)[C@@H](c2ccccc2)OC1=O. The summed E-state index contributed by atoms with van der Waals surface area (Å²) in [6.07, 6.45) is 3.24. The van der Waals surface area contributed by atoms with Crippen molar-refractivity contribution < 1.29 is 23.9 Å². The topological polar surface area (TPSA) is 105 Å². The average molecular weight is 540 g/mol. The summed E-state index contributed by atoms with van der Waals surface area (Å²) in [7, 11) is 1.65. The van der Waals surface area contributed by atoms with E-state index in [4.69, 9.17) is 16.3 Å². The van der Waals surface area contributed by atoms with Crippen LogP contribution in [0.15, 0.2) is 66.7 Å². The van der Waals surface area contributed by atoms with Crippen LogP contribution >= 0.6 is 11.6 Å². The standard InChI is InChI=1S/C29H34ClN3O5/c1-19-27(22-9-5-4-6-10-22)38-29(37)25(32-20(2)34)12-8-7-11-23(28(36)33(19)3)17-26(35)31-18-21-13-15-24(30)16-14-21/h4-10,13-16,19,23,25,27H,11-12,17-18H2,1-3H3,(H,31,35)(H,32,34)/b8-7+/t19-,23-,25-,27-/m0/s1. The van der Waals surface area contributed by atoms with Gasteiger partial charge in [-0.05, 0) is 43.0 Å². The van der Waals surface area contributed by atoms with Gasteiger partial charge in [0.2, 0.25) is 17.7 Å². The molecule has 3 rings (SSSR count). The van der Waals surface area contributed by atoms with E-state index in [0.29, 0.717) is 18.0 Å². The minimum Gasteiger partial charge on any atom is -0.454 e. The van der Waals surface area contributed by atoms with Crippen molar-refractivity contribution in [2.24, 2.45) is 5.92 Å². The lowest BCUT2D eigenvalue weighted by Crippen LogP contribution is -2.46. The Hall–Kier alpha value is -3.65. The molecule has 0 fully saturated rings. The molecule has 8 nitrogen and oxygen atoms in total. The number of carbonyl (C=O) groups excluding carboxylic acids is 4. The summed E-state index contributed by atoms with van der Waals surface area (Å²) in [6, 6.07) is 14.9. The van der Waals surface area contributed by atoms with Crippen LogP contribution in [0.3, 0.4) is 0 Å². The van der Waals surface area contributed by atoms with Crippen molar-refractivity contribution in [3.63, 3.8) is 0 Å². The molecule has 0 saturated heterocycles. The number of benzene rings is 2. The van der Waals surface area contributed by atoms with Crippen LogP contribution in [0.1, 0.15) is 50.3 Å². The second kappa shape index (κ2) is 13.8. The third-order valence-corrected chi connectivity index (χ3v) is 6.82. The molecule has 38 heavy (non-hydrogen) atoms. The molecule has 1 aliphatic rings. The van der Waals surface area contributed by atoms with Gasteiger partial charge in [0.05, 0.1) is 12.0 Å². The van der Waals surface area contributed by atoms with E-state index in [9.17, 15) is 19.2 Å². The van der Waals surface area contributed by atoms with Gasteiger partial charge in [-0.1, -0.05) is 66.2 Å². The Morgan fingerprint density at radius 2 is 1.68 bits per heavy atom. The first kappa shape index (κ1) is 28.9. The van der Waals surface area contributed by atoms with Crippen molar-refractivity contribution in [3.8, 4) is 0 Å². The van der Waals surface area contributed by atoms with Crippen molar-refractivity contribution in [1.29, 1.82) is 0 Å².